The van der Waals surface area contributed by atoms with Crippen molar-refractivity contribution in [2.75, 3.05) is 33.2 Å². The van der Waals surface area contributed by atoms with Crippen molar-refractivity contribution >= 4 is 17.8 Å². The van der Waals surface area contributed by atoms with Crippen LogP contribution in [0.1, 0.15) is 33.3 Å². The number of esters is 1. The highest BCUT2D eigenvalue weighted by molar-refractivity contribution is 5.80. The quantitative estimate of drug-likeness (QED) is 0.229. The predicted octanol–water partition coefficient (Wildman–Crippen LogP) is 0.266. The van der Waals surface area contributed by atoms with Crippen molar-refractivity contribution in [3.63, 3.8) is 0 Å². The molecule has 2 amide bonds. The molecule has 174 valence electrons. The normalized spacial score (nSPS) is 11.5. The van der Waals surface area contributed by atoms with Crippen LogP contribution in [-0.2, 0) is 25.7 Å². The molecule has 0 bridgehead atoms. The molecule has 0 heterocycles. The summed E-state index contributed by atoms with van der Waals surface area (Å²) in [6, 6.07) is 9.40. The van der Waals surface area contributed by atoms with Crippen LogP contribution in [0.3, 0.4) is 0 Å². The maximum atomic E-state index is 12.4. The van der Waals surface area contributed by atoms with Crippen LogP contribution in [0.15, 0.2) is 30.3 Å². The van der Waals surface area contributed by atoms with Gasteiger partial charge in [0, 0.05) is 19.6 Å². The molecule has 0 aliphatic rings. The van der Waals surface area contributed by atoms with Gasteiger partial charge in [-0.05, 0) is 25.3 Å². The minimum absolute atomic E-state index is 0.0103. The van der Waals surface area contributed by atoms with E-state index in [0.29, 0.717) is 6.54 Å². The van der Waals surface area contributed by atoms with Gasteiger partial charge in [-0.15, -0.1) is 0 Å². The fourth-order valence-electron chi connectivity index (χ4n) is 2.59. The monoisotopic (exact) mass is 436 g/mol. The van der Waals surface area contributed by atoms with E-state index in [-0.39, 0.29) is 50.0 Å². The van der Waals surface area contributed by atoms with Crippen LogP contribution in [0.25, 0.3) is 0 Å². The van der Waals surface area contributed by atoms with Gasteiger partial charge in [0.1, 0.15) is 13.2 Å². The van der Waals surface area contributed by atoms with E-state index in [4.69, 9.17) is 10.6 Å². The highest BCUT2D eigenvalue weighted by Gasteiger charge is 2.18. The molecule has 0 spiro atoms. The Morgan fingerprint density at radius 3 is 2.16 bits per heavy atom. The summed E-state index contributed by atoms with van der Waals surface area (Å²) in [7, 11) is 1.58. The van der Waals surface area contributed by atoms with Gasteiger partial charge >= 0.3 is 5.97 Å². The van der Waals surface area contributed by atoms with Gasteiger partial charge in [-0.2, -0.15) is 0 Å². The number of amides is 2. The average Bonchev–Trinajstić information content (AvgIpc) is 2.66. The number of carbonyl (C=O) groups excluding carboxylic acids is 3. The highest BCUT2D eigenvalue weighted by Crippen LogP contribution is 2.02. The molecule has 0 aliphatic carbocycles. The molecule has 0 atom stereocenters. The van der Waals surface area contributed by atoms with Gasteiger partial charge in [0.2, 0.25) is 11.8 Å². The number of hydrogen-bond acceptors (Lipinski definition) is 8. The number of hydrogen-bond donors (Lipinski definition) is 3. The lowest BCUT2D eigenvalue weighted by atomic mass is 10.2. The predicted molar refractivity (Wildman–Crippen MR) is 118 cm³/mol. The third-order valence-corrected chi connectivity index (χ3v) is 4.12. The van der Waals surface area contributed by atoms with E-state index in [0.717, 1.165) is 5.56 Å². The molecule has 0 aliphatic heterocycles. The summed E-state index contributed by atoms with van der Waals surface area (Å²) in [6.07, 6.45) is 0. The molecule has 0 aromatic heterocycles. The lowest BCUT2D eigenvalue weighted by Gasteiger charge is -2.26. The first-order valence-corrected chi connectivity index (χ1v) is 10.3. The number of benzene rings is 1. The topological polar surface area (TPSA) is 120 Å². The first-order valence-electron chi connectivity index (χ1n) is 10.3. The zero-order valence-corrected chi connectivity index (χ0v) is 19.1. The molecule has 0 radical (unpaired) electrons. The molecule has 0 fully saturated rings. The Kier molecular flexibility index (Phi) is 11.7. The maximum absolute atomic E-state index is 12.4. The van der Waals surface area contributed by atoms with Crippen molar-refractivity contribution in [2.45, 2.75) is 40.3 Å². The van der Waals surface area contributed by atoms with Gasteiger partial charge in [-0.1, -0.05) is 44.2 Å². The highest BCUT2D eigenvalue weighted by atomic mass is 16.5. The summed E-state index contributed by atoms with van der Waals surface area (Å²) in [4.78, 5) is 36.6. The second-order valence-electron chi connectivity index (χ2n) is 8.11. The summed E-state index contributed by atoms with van der Waals surface area (Å²) in [5.41, 5.74) is 6.19. The molecule has 10 nitrogen and oxygen atoms in total. The first kappa shape index (κ1) is 26.5. The van der Waals surface area contributed by atoms with Gasteiger partial charge in [-0.3, -0.25) is 31.1 Å². The smallest absolute Gasteiger partial charge is 0.322 e. The van der Waals surface area contributed by atoms with Crippen molar-refractivity contribution in [1.29, 1.82) is 0 Å². The summed E-state index contributed by atoms with van der Waals surface area (Å²) in [5, 5.41) is 4.29. The number of nitrogens with one attached hydrogen (secondary N) is 2. The fourth-order valence-corrected chi connectivity index (χ4v) is 2.59. The van der Waals surface area contributed by atoms with E-state index in [1.54, 1.807) is 7.05 Å². The molecular formula is C21H36N6O4. The van der Waals surface area contributed by atoms with E-state index in [1.807, 2.05) is 58.0 Å². The van der Waals surface area contributed by atoms with E-state index < -0.39 is 5.97 Å². The van der Waals surface area contributed by atoms with Crippen LogP contribution in [0, 0.1) is 5.92 Å². The molecule has 1 aromatic carbocycles. The number of carbonyl (C=O) groups is 3. The summed E-state index contributed by atoms with van der Waals surface area (Å²) in [6.45, 7) is 8.19. The lowest BCUT2D eigenvalue weighted by molar-refractivity contribution is -0.148. The van der Waals surface area contributed by atoms with Crippen LogP contribution < -0.4 is 16.7 Å². The van der Waals surface area contributed by atoms with Crippen LogP contribution in [0.4, 0.5) is 0 Å². The zero-order chi connectivity index (χ0) is 23.4. The number of rotatable bonds is 13. The fraction of sp³-hybridized carbons (Fsp3) is 0.571. The van der Waals surface area contributed by atoms with Crippen LogP contribution in [0.5, 0.6) is 0 Å². The third kappa shape index (κ3) is 12.0. The number of nitrogens with zero attached hydrogens (tertiary/aromatic N) is 3. The molecule has 0 saturated carbocycles. The van der Waals surface area contributed by atoms with Crippen molar-refractivity contribution in [1.82, 2.24) is 25.9 Å². The van der Waals surface area contributed by atoms with Gasteiger partial charge in [-0.25, -0.2) is 15.0 Å². The number of likely N-dealkylation sites (N-methyl/N-ethyl adjacent to an activating group) is 1. The van der Waals surface area contributed by atoms with Crippen molar-refractivity contribution in [2.24, 2.45) is 11.8 Å². The Labute approximate surface area is 184 Å². The molecule has 1 rings (SSSR count). The Morgan fingerprint density at radius 2 is 1.58 bits per heavy atom. The lowest BCUT2D eigenvalue weighted by Crippen LogP contribution is -2.53. The van der Waals surface area contributed by atoms with Gasteiger partial charge < -0.3 is 4.74 Å². The standard InChI is InChI=1S/C21H36N6O4/c1-16(2)11-26(14-21(30)31-15-18-9-7-6-8-10-18)24-19(28)12-25(5)23-20(29)13-27(22)17(3)4/h6-10,16-17H,11-15,22H2,1-5H3,(H,23,29)(H,24,28). The summed E-state index contributed by atoms with van der Waals surface area (Å²) < 4.78 is 5.30. The van der Waals surface area contributed by atoms with Crippen LogP contribution >= 0.6 is 0 Å². The maximum Gasteiger partial charge on any atom is 0.322 e. The van der Waals surface area contributed by atoms with Gasteiger partial charge in [0.05, 0.1) is 13.1 Å². The van der Waals surface area contributed by atoms with Gasteiger partial charge in [0.25, 0.3) is 0 Å². The SMILES string of the molecule is CC(C)CN(CC(=O)OCc1ccccc1)NC(=O)CN(C)NC(=O)CN(N)C(C)C. The molecule has 1 aromatic rings. The van der Waals surface area contributed by atoms with Crippen molar-refractivity contribution in [3.05, 3.63) is 35.9 Å². The Hall–Kier alpha value is -2.53. The largest absolute Gasteiger partial charge is 0.460 e. The summed E-state index contributed by atoms with van der Waals surface area (Å²) >= 11 is 0. The van der Waals surface area contributed by atoms with Gasteiger partial charge in [0.15, 0.2) is 0 Å². The van der Waals surface area contributed by atoms with Crippen LogP contribution in [0.2, 0.25) is 0 Å². The minimum Gasteiger partial charge on any atom is -0.460 e. The average molecular weight is 437 g/mol. The minimum atomic E-state index is -0.441. The van der Waals surface area contributed by atoms with Crippen LogP contribution in [-0.4, -0.2) is 72.1 Å². The molecule has 0 unspecified atom stereocenters. The van der Waals surface area contributed by atoms with E-state index >= 15 is 0 Å². The molecule has 31 heavy (non-hydrogen) atoms. The van der Waals surface area contributed by atoms with E-state index in [1.165, 1.54) is 15.0 Å². The summed E-state index contributed by atoms with van der Waals surface area (Å²) in [5.74, 6) is 4.82. The Balaban J connectivity index is 2.49. The second-order valence-corrected chi connectivity index (χ2v) is 8.11. The zero-order valence-electron chi connectivity index (χ0n) is 19.1. The number of ether oxygens (including phenoxy) is 1. The Bertz CT molecular complexity index is 698. The molecule has 4 N–H and O–H groups in total. The third-order valence-electron chi connectivity index (χ3n) is 4.12. The molecule has 0 saturated heterocycles. The van der Waals surface area contributed by atoms with E-state index in [2.05, 4.69) is 10.9 Å². The number of nitrogens with two attached hydrogens (primary N) is 1. The van der Waals surface area contributed by atoms with Crippen molar-refractivity contribution < 1.29 is 19.1 Å². The Morgan fingerprint density at radius 1 is 0.968 bits per heavy atom. The molecular weight excluding hydrogens is 400 g/mol. The van der Waals surface area contributed by atoms with E-state index in [9.17, 15) is 14.4 Å². The molecule has 10 heteroatoms. The van der Waals surface area contributed by atoms with Crippen molar-refractivity contribution in [3.8, 4) is 0 Å². The first-order chi connectivity index (χ1) is 14.6. The second kappa shape index (κ2) is 13.7. The number of hydrazine groups is 3.